The van der Waals surface area contributed by atoms with Gasteiger partial charge in [0.15, 0.2) is 0 Å². The molecule has 12 heterocycles. The summed E-state index contributed by atoms with van der Waals surface area (Å²) in [6, 6.07) is 85.1. The highest BCUT2D eigenvalue weighted by Gasteiger charge is 2.59. The average molecular weight is 1140 g/mol. The van der Waals surface area contributed by atoms with Gasteiger partial charge in [-0.1, -0.05) is 176 Å². The van der Waals surface area contributed by atoms with Gasteiger partial charge in [0.1, 0.15) is 46.0 Å². The van der Waals surface area contributed by atoms with Crippen LogP contribution in [0, 0.1) is 0 Å². The average Bonchev–Trinajstić information content (AvgIpc) is 1.38. The van der Waals surface area contributed by atoms with Gasteiger partial charge in [-0.15, -0.1) is 0 Å². The Morgan fingerprint density at radius 3 is 1.26 bits per heavy atom. The van der Waals surface area contributed by atoms with Crippen LogP contribution in [0.2, 0.25) is 0 Å². The standard InChI is InChI=1S/C78H38B4N4O4/c1-2-19-39(20-3-1)83-69-59-44-23-6-12-34-53(44)86-70(59)61(81-48-29-9-15-37-56(48)89-77-65(81)74(86)76-64-72(77)84-51-32-10-4-21-40(51)42-24-17-31-50(67(42)84)80(64)47-28-8-14-36-55(47)88-76)58-45-26-18-38-57-60(45)82(62(58)69)66-71(83)75-63-73(78(66)90-57)85-52-33-11-5-22-41(52)43-25-16-30-49(68(43)85)79(63)46-27-7-13-35-54(46)87-75/h1-38H. The lowest BCUT2D eigenvalue weighted by molar-refractivity contribution is 0.472. The van der Waals surface area contributed by atoms with Crippen molar-refractivity contribution >= 4 is 175 Å². The molecule has 12 heteroatoms. The van der Waals surface area contributed by atoms with Crippen LogP contribution in [-0.4, -0.2) is 40.6 Å². The molecule has 0 saturated carbocycles. The number of fused-ring (bicyclic) bond motifs is 28. The first-order valence-electron chi connectivity index (χ1n) is 31.4. The van der Waals surface area contributed by atoms with Crippen molar-refractivity contribution in [3.05, 3.63) is 231 Å². The van der Waals surface area contributed by atoms with E-state index in [-0.39, 0.29) is 26.9 Å². The Balaban J connectivity index is 0.902. The molecule has 0 saturated heterocycles. The van der Waals surface area contributed by atoms with Crippen molar-refractivity contribution in [3.8, 4) is 74.2 Å². The summed E-state index contributed by atoms with van der Waals surface area (Å²) in [5.41, 5.74) is 29.9. The summed E-state index contributed by atoms with van der Waals surface area (Å²) >= 11 is 0. The van der Waals surface area contributed by atoms with E-state index >= 15 is 0 Å². The number of hydrogen-bond donors (Lipinski definition) is 0. The fourth-order valence-electron chi connectivity index (χ4n) is 19.2. The van der Waals surface area contributed by atoms with E-state index in [0.717, 1.165) is 146 Å². The van der Waals surface area contributed by atoms with Gasteiger partial charge in [-0.25, -0.2) is 0 Å². The van der Waals surface area contributed by atoms with Gasteiger partial charge in [0.2, 0.25) is 0 Å². The molecule has 25 rings (SSSR count). The van der Waals surface area contributed by atoms with E-state index in [0.29, 0.717) is 0 Å². The molecule has 0 aliphatic carbocycles. The van der Waals surface area contributed by atoms with E-state index in [1.165, 1.54) is 76.4 Å². The molecule has 0 radical (unpaired) electrons. The van der Waals surface area contributed by atoms with Gasteiger partial charge in [0.25, 0.3) is 26.9 Å². The third-order valence-electron chi connectivity index (χ3n) is 22.1. The lowest BCUT2D eigenvalue weighted by Crippen LogP contribution is -2.64. The van der Waals surface area contributed by atoms with E-state index in [2.05, 4.69) is 249 Å². The van der Waals surface area contributed by atoms with Crippen LogP contribution >= 0.6 is 0 Å². The molecular weight excluding hydrogens is 1100 g/mol. The van der Waals surface area contributed by atoms with Crippen molar-refractivity contribution in [2.75, 3.05) is 4.90 Å². The number of hydrogen-bond acceptors (Lipinski definition) is 5. The fraction of sp³-hybridized carbons (Fsp3) is 0. The van der Waals surface area contributed by atoms with Gasteiger partial charge >= 0.3 is 0 Å². The van der Waals surface area contributed by atoms with Crippen molar-refractivity contribution in [2.45, 2.75) is 0 Å². The van der Waals surface area contributed by atoms with Gasteiger partial charge in [-0.3, -0.25) is 0 Å². The van der Waals surface area contributed by atoms with Crippen LogP contribution in [0.5, 0.6) is 46.0 Å². The van der Waals surface area contributed by atoms with Crippen LogP contribution in [0.4, 0.5) is 17.1 Å². The maximum atomic E-state index is 7.95. The monoisotopic (exact) mass is 1140 g/mol. The van der Waals surface area contributed by atoms with Crippen LogP contribution in [0.3, 0.4) is 0 Å². The Hall–Kier alpha value is -11.5. The third-order valence-corrected chi connectivity index (χ3v) is 22.1. The molecule has 0 amide bonds. The number of para-hydroxylation sites is 9. The van der Waals surface area contributed by atoms with Crippen LogP contribution in [0.25, 0.3) is 93.6 Å². The second-order valence-corrected chi connectivity index (χ2v) is 25.8. The molecule has 3 aromatic heterocycles. The van der Waals surface area contributed by atoms with E-state index in [9.17, 15) is 0 Å². The molecule has 8 nitrogen and oxygen atoms in total. The SMILES string of the molecule is c1ccc(N2c3c4c5c(c6c3B3c7c(cccc7-c7c3c2c2c3ccccc3n3c2c7B2c7ccccc7Oc7c2c-3c2c3c7-n7c8ccccc8c8cccc(c87)B3c3ccccc3O2)O6)-n2c3ccccc3c3cccc(c32)B5c2ccccc2O4)cc1. The normalized spacial score (nSPS) is 14.7. The fourth-order valence-corrected chi connectivity index (χ4v) is 19.2. The highest BCUT2D eigenvalue weighted by Crippen LogP contribution is 2.58. The first-order valence-corrected chi connectivity index (χ1v) is 31.4. The van der Waals surface area contributed by atoms with Crippen molar-refractivity contribution in [1.29, 1.82) is 0 Å². The van der Waals surface area contributed by atoms with Gasteiger partial charge in [-0.2, -0.15) is 0 Å². The number of benzene rings is 13. The van der Waals surface area contributed by atoms with Crippen molar-refractivity contribution < 1.29 is 18.9 Å². The lowest BCUT2D eigenvalue weighted by Gasteiger charge is -2.45. The number of aromatic nitrogens is 3. The highest BCUT2D eigenvalue weighted by molar-refractivity contribution is 7.07. The third kappa shape index (κ3) is 4.71. The van der Waals surface area contributed by atoms with Gasteiger partial charge < -0.3 is 37.5 Å². The maximum absolute atomic E-state index is 7.95. The zero-order chi connectivity index (χ0) is 57.4. The molecule has 0 fully saturated rings. The van der Waals surface area contributed by atoms with Crippen LogP contribution in [0.15, 0.2) is 231 Å². The minimum Gasteiger partial charge on any atom is -0.456 e. The van der Waals surface area contributed by atoms with Crippen molar-refractivity contribution in [1.82, 2.24) is 13.7 Å². The lowest BCUT2D eigenvalue weighted by atomic mass is 9.30. The minimum atomic E-state index is -0.306. The molecule has 0 unspecified atom stereocenters. The maximum Gasteiger partial charge on any atom is 0.258 e. The molecule has 9 aliphatic rings. The molecule has 0 atom stereocenters. The molecule has 0 bridgehead atoms. The molecule has 0 spiro atoms. The first kappa shape index (κ1) is 44.9. The van der Waals surface area contributed by atoms with Crippen molar-refractivity contribution in [2.24, 2.45) is 0 Å². The number of rotatable bonds is 1. The van der Waals surface area contributed by atoms with Gasteiger partial charge in [-0.05, 0) is 109 Å². The topological polar surface area (TPSA) is 55.0 Å². The zero-order valence-electron chi connectivity index (χ0n) is 47.7. The highest BCUT2D eigenvalue weighted by atomic mass is 16.5. The second-order valence-electron chi connectivity index (χ2n) is 25.8. The van der Waals surface area contributed by atoms with Crippen molar-refractivity contribution in [3.63, 3.8) is 0 Å². The Bertz CT molecular complexity index is 6300. The number of nitrogens with zero attached hydrogens (tertiary/aromatic N) is 4. The van der Waals surface area contributed by atoms with Crippen LogP contribution < -0.4 is 89.4 Å². The molecule has 9 aliphatic heterocycles. The molecule has 16 aromatic rings. The second kappa shape index (κ2) is 14.9. The molecule has 0 N–H and O–H groups in total. The summed E-state index contributed by atoms with van der Waals surface area (Å²) in [4.78, 5) is 2.60. The molecule has 406 valence electrons. The number of ether oxygens (including phenoxy) is 4. The Kier molecular flexibility index (Phi) is 7.43. The Morgan fingerprint density at radius 1 is 0.256 bits per heavy atom. The first-order chi connectivity index (χ1) is 44.8. The van der Waals surface area contributed by atoms with E-state index in [4.69, 9.17) is 18.9 Å². The largest absolute Gasteiger partial charge is 0.456 e. The number of anilines is 3. The Morgan fingerprint density at radius 2 is 0.667 bits per heavy atom. The van der Waals surface area contributed by atoms with E-state index < -0.39 is 0 Å². The van der Waals surface area contributed by atoms with Gasteiger partial charge in [0, 0.05) is 70.9 Å². The van der Waals surface area contributed by atoms with E-state index in [1.54, 1.807) is 0 Å². The molecule has 90 heavy (non-hydrogen) atoms. The predicted molar refractivity (Wildman–Crippen MR) is 368 cm³/mol. The predicted octanol–water partition coefficient (Wildman–Crippen LogP) is 10.2. The zero-order valence-corrected chi connectivity index (χ0v) is 47.7. The summed E-state index contributed by atoms with van der Waals surface area (Å²) in [5.74, 6) is 6.97. The summed E-state index contributed by atoms with van der Waals surface area (Å²) in [7, 11) is 0. The summed E-state index contributed by atoms with van der Waals surface area (Å²) in [6.45, 7) is -0.859. The molecule has 13 aromatic carbocycles. The summed E-state index contributed by atoms with van der Waals surface area (Å²) < 4.78 is 39.1. The van der Waals surface area contributed by atoms with Crippen LogP contribution in [0.1, 0.15) is 0 Å². The minimum absolute atomic E-state index is 0.155. The quantitative estimate of drug-likeness (QED) is 0.153. The summed E-state index contributed by atoms with van der Waals surface area (Å²) in [5, 5.41) is 7.24. The van der Waals surface area contributed by atoms with Crippen LogP contribution in [-0.2, 0) is 0 Å². The Labute approximate surface area is 514 Å². The molecular formula is C78H38B4N4O4. The van der Waals surface area contributed by atoms with Gasteiger partial charge in [0.05, 0.1) is 50.5 Å². The smallest absolute Gasteiger partial charge is 0.258 e. The summed E-state index contributed by atoms with van der Waals surface area (Å²) in [6.07, 6.45) is 0. The van der Waals surface area contributed by atoms with E-state index in [1.807, 2.05) is 0 Å².